The summed E-state index contributed by atoms with van der Waals surface area (Å²) in [6.45, 7) is 5.41. The normalized spacial score (nSPS) is 25.6. The van der Waals surface area contributed by atoms with Gasteiger partial charge in [0.2, 0.25) is 11.6 Å². The molecular weight excluding hydrogens is 277 g/mol. The maximum Gasteiger partial charge on any atom is 0.227 e. The van der Waals surface area contributed by atoms with E-state index in [2.05, 4.69) is 0 Å². The molecular formula is C16H22BN3O2. The zero-order valence-corrected chi connectivity index (χ0v) is 13.0. The van der Waals surface area contributed by atoms with E-state index in [0.29, 0.717) is 17.1 Å². The van der Waals surface area contributed by atoms with Crippen molar-refractivity contribution in [3.8, 4) is 0 Å². The Bertz CT molecular complexity index is 560. The number of rotatable bonds is 3. The molecule has 0 aromatic carbocycles. The zero-order valence-electron chi connectivity index (χ0n) is 13.0. The van der Waals surface area contributed by atoms with Crippen molar-refractivity contribution >= 4 is 18.8 Å². The highest BCUT2D eigenvalue weighted by Crippen LogP contribution is 2.33. The highest BCUT2D eigenvalue weighted by molar-refractivity contribution is 6.36. The maximum absolute atomic E-state index is 12.4. The third-order valence-corrected chi connectivity index (χ3v) is 4.74. The summed E-state index contributed by atoms with van der Waals surface area (Å²) in [6.07, 6.45) is 7.52. The van der Waals surface area contributed by atoms with Gasteiger partial charge in [0.05, 0.1) is 5.70 Å². The first-order chi connectivity index (χ1) is 10.8. The van der Waals surface area contributed by atoms with Crippen molar-refractivity contribution in [2.45, 2.75) is 25.5 Å². The second-order valence-corrected chi connectivity index (χ2v) is 6.65. The third kappa shape index (κ3) is 2.79. The Morgan fingerprint density at radius 3 is 1.77 bits per heavy atom. The molecule has 0 N–H and O–H groups in total. The molecule has 5 nitrogen and oxygen atoms in total. The van der Waals surface area contributed by atoms with E-state index in [-0.39, 0.29) is 11.6 Å². The minimum atomic E-state index is 0.00546. The van der Waals surface area contributed by atoms with Crippen molar-refractivity contribution < 1.29 is 9.59 Å². The van der Waals surface area contributed by atoms with Gasteiger partial charge in [-0.2, -0.15) is 0 Å². The number of ketones is 2. The van der Waals surface area contributed by atoms with Crippen LogP contribution in [0.3, 0.4) is 0 Å². The maximum atomic E-state index is 12.4. The molecule has 22 heavy (non-hydrogen) atoms. The predicted octanol–water partition coefficient (Wildman–Crippen LogP) is 0.234. The van der Waals surface area contributed by atoms with Crippen LogP contribution < -0.4 is 0 Å². The van der Waals surface area contributed by atoms with E-state index in [1.807, 2.05) is 14.7 Å². The molecule has 0 aromatic heterocycles. The molecule has 0 aromatic rings. The van der Waals surface area contributed by atoms with Crippen LogP contribution in [0.25, 0.3) is 0 Å². The van der Waals surface area contributed by atoms with Crippen molar-refractivity contribution in [2.24, 2.45) is 0 Å². The minimum absolute atomic E-state index is 0.00546. The van der Waals surface area contributed by atoms with E-state index in [1.165, 1.54) is 38.8 Å². The van der Waals surface area contributed by atoms with E-state index in [1.54, 1.807) is 0 Å². The quantitative estimate of drug-likeness (QED) is 0.424. The Balaban J connectivity index is 0.000000215. The molecule has 0 radical (unpaired) electrons. The molecule has 0 amide bonds. The van der Waals surface area contributed by atoms with Crippen LogP contribution in [-0.2, 0) is 9.59 Å². The van der Waals surface area contributed by atoms with Gasteiger partial charge in [0, 0.05) is 45.3 Å². The van der Waals surface area contributed by atoms with Gasteiger partial charge in [0.25, 0.3) is 0 Å². The van der Waals surface area contributed by atoms with E-state index >= 15 is 0 Å². The second kappa shape index (κ2) is 5.49. The van der Waals surface area contributed by atoms with Crippen LogP contribution in [0, 0.1) is 0 Å². The molecule has 5 rings (SSSR count). The van der Waals surface area contributed by atoms with Gasteiger partial charge in [-0.1, -0.05) is 25.5 Å². The first kappa shape index (κ1) is 13.9. The first-order valence-electron chi connectivity index (χ1n) is 8.55. The summed E-state index contributed by atoms with van der Waals surface area (Å²) < 4.78 is 0. The first-order valence-corrected chi connectivity index (χ1v) is 8.55. The second-order valence-electron chi connectivity index (χ2n) is 6.65. The van der Waals surface area contributed by atoms with Gasteiger partial charge >= 0.3 is 0 Å². The van der Waals surface area contributed by atoms with Crippen LogP contribution >= 0.6 is 0 Å². The van der Waals surface area contributed by atoms with Gasteiger partial charge in [-0.25, -0.2) is 0 Å². The van der Waals surface area contributed by atoms with Crippen LogP contribution in [0.5, 0.6) is 0 Å². The molecule has 0 saturated carbocycles. The van der Waals surface area contributed by atoms with E-state index in [4.69, 9.17) is 0 Å². The molecule has 4 heterocycles. The number of carbonyl (C=O) groups is 2. The fraction of sp³-hybridized carbons (Fsp3) is 0.625. The lowest BCUT2D eigenvalue weighted by Crippen LogP contribution is -2.29. The summed E-state index contributed by atoms with van der Waals surface area (Å²) in [6, 6.07) is 0. The number of carbonyl (C=O) groups excluding carboxylic acids is 2. The van der Waals surface area contributed by atoms with Crippen molar-refractivity contribution in [1.29, 1.82) is 0 Å². The molecule has 4 aliphatic heterocycles. The Kier molecular flexibility index (Phi) is 3.47. The van der Waals surface area contributed by atoms with E-state index in [9.17, 15) is 9.59 Å². The fourth-order valence-electron chi connectivity index (χ4n) is 3.16. The summed E-state index contributed by atoms with van der Waals surface area (Å²) in [4.78, 5) is 30.5. The summed E-state index contributed by atoms with van der Waals surface area (Å²) in [5.41, 5.74) is 1.89. The van der Waals surface area contributed by atoms with Gasteiger partial charge < -0.3 is 14.7 Å². The van der Waals surface area contributed by atoms with Gasteiger partial charge in [-0.05, 0) is 0 Å². The lowest BCUT2D eigenvalue weighted by molar-refractivity contribution is -0.117. The third-order valence-electron chi connectivity index (χ3n) is 4.74. The Morgan fingerprint density at radius 2 is 1.32 bits per heavy atom. The minimum Gasteiger partial charge on any atom is -0.365 e. The average Bonchev–Trinajstić information content (AvgIpc) is 3.37. The summed E-state index contributed by atoms with van der Waals surface area (Å²) >= 11 is 0. The van der Waals surface area contributed by atoms with Crippen LogP contribution in [0.1, 0.15) is 12.8 Å². The van der Waals surface area contributed by atoms with Crippen LogP contribution in [-0.4, -0.2) is 72.8 Å². The fourth-order valence-corrected chi connectivity index (χ4v) is 3.16. The van der Waals surface area contributed by atoms with Gasteiger partial charge in [0.15, 0.2) is 0 Å². The van der Waals surface area contributed by atoms with Crippen LogP contribution in [0.15, 0.2) is 23.2 Å². The number of allylic oxidation sites excluding steroid dienone is 1. The lowest BCUT2D eigenvalue weighted by Gasteiger charge is -2.21. The SMILES string of the molecule is B1CCCC1.O=C1C=C(N2CC2)C(=O)C(N2CC2)=C1N1CC1. The molecule has 0 spiro atoms. The predicted molar refractivity (Wildman–Crippen MR) is 85.8 cm³/mol. The molecule has 4 saturated heterocycles. The molecule has 0 unspecified atom stereocenters. The summed E-state index contributed by atoms with van der Waals surface area (Å²) in [5, 5.41) is 0. The molecule has 5 aliphatic rings. The van der Waals surface area contributed by atoms with Gasteiger partial charge in [-0.3, -0.25) is 9.59 Å². The number of hydrogen-bond acceptors (Lipinski definition) is 5. The number of hydrogen-bond donors (Lipinski definition) is 0. The Labute approximate surface area is 131 Å². The van der Waals surface area contributed by atoms with Crippen LogP contribution in [0.4, 0.5) is 0 Å². The van der Waals surface area contributed by atoms with Crippen molar-refractivity contribution in [2.75, 3.05) is 39.3 Å². The average molecular weight is 299 g/mol. The van der Waals surface area contributed by atoms with Crippen molar-refractivity contribution in [3.05, 3.63) is 23.2 Å². The van der Waals surface area contributed by atoms with Gasteiger partial charge in [-0.15, -0.1) is 0 Å². The molecule has 0 atom stereocenters. The Morgan fingerprint density at radius 1 is 0.773 bits per heavy atom. The molecule has 1 aliphatic carbocycles. The number of nitrogens with zero attached hydrogens (tertiary/aromatic N) is 3. The topological polar surface area (TPSA) is 43.2 Å². The summed E-state index contributed by atoms with van der Waals surface area (Å²) in [5.74, 6) is 0.0485. The van der Waals surface area contributed by atoms with Crippen molar-refractivity contribution in [3.63, 3.8) is 0 Å². The van der Waals surface area contributed by atoms with Crippen molar-refractivity contribution in [1.82, 2.24) is 14.7 Å². The lowest BCUT2D eigenvalue weighted by atomic mass is 9.77. The van der Waals surface area contributed by atoms with Crippen LogP contribution in [0.2, 0.25) is 12.6 Å². The van der Waals surface area contributed by atoms with Gasteiger partial charge in [0.1, 0.15) is 18.7 Å². The summed E-state index contributed by atoms with van der Waals surface area (Å²) in [7, 11) is 1.50. The molecule has 116 valence electrons. The smallest absolute Gasteiger partial charge is 0.227 e. The molecule has 4 fully saturated rings. The molecule has 6 heteroatoms. The highest BCUT2D eigenvalue weighted by Gasteiger charge is 2.43. The number of Topliss-reactive ketones (excluding diaryl/α,β-unsaturated/α-hetero) is 1. The monoisotopic (exact) mass is 299 g/mol. The van der Waals surface area contributed by atoms with E-state index in [0.717, 1.165) is 39.3 Å². The van der Waals surface area contributed by atoms with E-state index < -0.39 is 0 Å². The zero-order chi connectivity index (χ0) is 15.1. The highest BCUT2D eigenvalue weighted by atomic mass is 16.1. The Hall–Kier alpha value is -1.72. The molecule has 0 bridgehead atoms. The largest absolute Gasteiger partial charge is 0.365 e. The standard InChI is InChI=1S/C12H13N3O2.C4H9B/c16-9-7-8(13-1-2-13)12(17)11(15-5-6-15)10(9)14-3-4-14;1-2-4-5-3-1/h7H,1-6H2;5H,1-4H2.